The van der Waals surface area contributed by atoms with Crippen LogP contribution in [-0.4, -0.2) is 55.3 Å². The maximum atomic E-state index is 12.6. The second-order valence-electron chi connectivity index (χ2n) is 5.88. The summed E-state index contributed by atoms with van der Waals surface area (Å²) in [5.41, 5.74) is 2.25. The highest BCUT2D eigenvalue weighted by molar-refractivity contribution is 5.86. The molecule has 0 aliphatic carbocycles. The third-order valence-electron chi connectivity index (χ3n) is 4.01. The molecule has 0 radical (unpaired) electrons. The number of benzene rings is 1. The van der Waals surface area contributed by atoms with Crippen molar-refractivity contribution in [3.05, 3.63) is 29.8 Å². The number of para-hydroxylation sites is 1. The highest BCUT2D eigenvalue weighted by atomic mass is 16.2. The Balaban J connectivity index is 2.08. The third-order valence-corrected chi connectivity index (χ3v) is 4.01. The van der Waals surface area contributed by atoms with E-state index in [1.165, 1.54) is 9.80 Å². The molecule has 1 aromatic carbocycles. The topological polar surface area (TPSA) is 52.7 Å². The largest absolute Gasteiger partial charge is 0.382 e. The Hall–Kier alpha value is -2.04. The minimum Gasteiger partial charge on any atom is -0.382 e. The van der Waals surface area contributed by atoms with Gasteiger partial charge in [-0.2, -0.15) is 0 Å². The van der Waals surface area contributed by atoms with Crippen molar-refractivity contribution in [2.75, 3.05) is 33.0 Å². The highest BCUT2D eigenvalue weighted by Crippen LogP contribution is 2.29. The van der Waals surface area contributed by atoms with Crippen LogP contribution >= 0.6 is 0 Å². The van der Waals surface area contributed by atoms with Crippen molar-refractivity contribution in [3.8, 4) is 0 Å². The van der Waals surface area contributed by atoms with Crippen molar-refractivity contribution < 1.29 is 9.59 Å². The molecule has 0 bridgehead atoms. The number of hydrogen-bond acceptors (Lipinski definition) is 3. The molecule has 1 aliphatic rings. The van der Waals surface area contributed by atoms with Crippen molar-refractivity contribution in [1.29, 1.82) is 0 Å². The lowest BCUT2D eigenvalue weighted by Gasteiger charge is -2.34. The van der Waals surface area contributed by atoms with Gasteiger partial charge < -0.3 is 15.1 Å². The number of nitrogens with one attached hydrogen (secondary N) is 1. The zero-order valence-corrected chi connectivity index (χ0v) is 13.1. The van der Waals surface area contributed by atoms with Crippen LogP contribution in [-0.2, 0) is 16.0 Å². The lowest BCUT2D eigenvalue weighted by atomic mass is 9.87. The summed E-state index contributed by atoms with van der Waals surface area (Å²) >= 11 is 0. The van der Waals surface area contributed by atoms with Crippen molar-refractivity contribution in [2.45, 2.75) is 19.4 Å². The van der Waals surface area contributed by atoms with E-state index in [0.717, 1.165) is 11.3 Å². The Labute approximate surface area is 125 Å². The highest BCUT2D eigenvalue weighted by Gasteiger charge is 2.32. The normalized spacial score (nSPS) is 20.2. The van der Waals surface area contributed by atoms with Crippen LogP contribution in [0.2, 0.25) is 0 Å². The monoisotopic (exact) mass is 289 g/mol. The zero-order valence-electron chi connectivity index (χ0n) is 13.1. The number of carbonyl (C=O) groups excluding carboxylic acids is 2. The molecule has 1 heterocycles. The average Bonchev–Trinajstić information content (AvgIpc) is 2.45. The van der Waals surface area contributed by atoms with E-state index in [0.29, 0.717) is 6.42 Å². The van der Waals surface area contributed by atoms with Gasteiger partial charge in [0.05, 0.1) is 12.5 Å². The number of amides is 2. The van der Waals surface area contributed by atoms with E-state index in [9.17, 15) is 9.59 Å². The molecule has 1 aliphatic heterocycles. The SMILES string of the molecule is CC1Nc2ccccc2CC1C(=O)N(C)CC(=O)N(C)C. The summed E-state index contributed by atoms with van der Waals surface area (Å²) < 4.78 is 0. The molecule has 5 heteroatoms. The number of carbonyl (C=O) groups is 2. The molecule has 0 spiro atoms. The summed E-state index contributed by atoms with van der Waals surface area (Å²) in [6.07, 6.45) is 0.712. The molecule has 114 valence electrons. The molecule has 5 nitrogen and oxygen atoms in total. The van der Waals surface area contributed by atoms with Gasteiger partial charge in [-0.15, -0.1) is 0 Å². The molecule has 2 atom stereocenters. The molecule has 0 fully saturated rings. The Morgan fingerprint density at radius 1 is 1.24 bits per heavy atom. The predicted molar refractivity (Wildman–Crippen MR) is 83.1 cm³/mol. The first kappa shape index (κ1) is 15.4. The quantitative estimate of drug-likeness (QED) is 0.910. The zero-order chi connectivity index (χ0) is 15.6. The number of anilines is 1. The Bertz CT molecular complexity index is 542. The van der Waals surface area contributed by atoms with Gasteiger partial charge in [-0.3, -0.25) is 9.59 Å². The fourth-order valence-electron chi connectivity index (χ4n) is 2.61. The molecule has 1 N–H and O–H groups in total. The van der Waals surface area contributed by atoms with E-state index in [4.69, 9.17) is 0 Å². The van der Waals surface area contributed by atoms with Crippen LogP contribution in [0.15, 0.2) is 24.3 Å². The number of hydrogen-bond donors (Lipinski definition) is 1. The summed E-state index contributed by atoms with van der Waals surface area (Å²) in [6, 6.07) is 8.11. The molecule has 2 unspecified atom stereocenters. The second kappa shape index (κ2) is 6.16. The maximum absolute atomic E-state index is 12.6. The van der Waals surface area contributed by atoms with Crippen molar-refractivity contribution in [3.63, 3.8) is 0 Å². The van der Waals surface area contributed by atoms with Crippen molar-refractivity contribution >= 4 is 17.5 Å². The summed E-state index contributed by atoms with van der Waals surface area (Å²) in [7, 11) is 5.08. The van der Waals surface area contributed by atoms with Gasteiger partial charge in [-0.1, -0.05) is 18.2 Å². The third kappa shape index (κ3) is 3.35. The minimum absolute atomic E-state index is 0.0136. The van der Waals surface area contributed by atoms with Gasteiger partial charge in [0.1, 0.15) is 0 Å². The first-order valence-corrected chi connectivity index (χ1v) is 7.19. The van der Waals surface area contributed by atoms with Crippen LogP contribution in [0.3, 0.4) is 0 Å². The Kier molecular flexibility index (Phi) is 4.50. The number of likely N-dealkylation sites (N-methyl/N-ethyl adjacent to an activating group) is 2. The van der Waals surface area contributed by atoms with Crippen LogP contribution < -0.4 is 5.32 Å². The van der Waals surface area contributed by atoms with E-state index in [2.05, 4.69) is 5.32 Å². The molecule has 0 saturated heterocycles. The number of fused-ring (bicyclic) bond motifs is 1. The number of nitrogens with zero attached hydrogens (tertiary/aromatic N) is 2. The molecule has 0 aromatic heterocycles. The minimum atomic E-state index is -0.139. The Morgan fingerprint density at radius 2 is 1.90 bits per heavy atom. The van der Waals surface area contributed by atoms with Crippen LogP contribution in [0.5, 0.6) is 0 Å². The van der Waals surface area contributed by atoms with Gasteiger partial charge in [0.2, 0.25) is 11.8 Å². The lowest BCUT2D eigenvalue weighted by Crippen LogP contribution is -2.46. The molecule has 21 heavy (non-hydrogen) atoms. The molecular formula is C16H23N3O2. The van der Waals surface area contributed by atoms with E-state index in [-0.39, 0.29) is 30.3 Å². The van der Waals surface area contributed by atoms with Gasteiger partial charge in [0.15, 0.2) is 0 Å². The summed E-state index contributed by atoms with van der Waals surface area (Å²) in [5.74, 6) is -0.192. The maximum Gasteiger partial charge on any atom is 0.241 e. The summed E-state index contributed by atoms with van der Waals surface area (Å²) in [5, 5.41) is 3.38. The van der Waals surface area contributed by atoms with Crippen LogP contribution in [0.25, 0.3) is 0 Å². The van der Waals surface area contributed by atoms with Gasteiger partial charge in [-0.05, 0) is 25.0 Å². The van der Waals surface area contributed by atoms with E-state index < -0.39 is 0 Å². The second-order valence-corrected chi connectivity index (χ2v) is 5.88. The fraction of sp³-hybridized carbons (Fsp3) is 0.500. The van der Waals surface area contributed by atoms with Gasteiger partial charge in [0, 0.05) is 32.9 Å². The van der Waals surface area contributed by atoms with E-state index >= 15 is 0 Å². The molecule has 0 saturated carbocycles. The van der Waals surface area contributed by atoms with E-state index in [1.54, 1.807) is 21.1 Å². The van der Waals surface area contributed by atoms with Gasteiger partial charge in [-0.25, -0.2) is 0 Å². The number of rotatable bonds is 3. The molecule has 1 aromatic rings. The summed E-state index contributed by atoms with van der Waals surface area (Å²) in [6.45, 7) is 2.14. The van der Waals surface area contributed by atoms with Crippen LogP contribution in [0.1, 0.15) is 12.5 Å². The van der Waals surface area contributed by atoms with Gasteiger partial charge in [0.25, 0.3) is 0 Å². The van der Waals surface area contributed by atoms with Crippen molar-refractivity contribution in [1.82, 2.24) is 9.80 Å². The Morgan fingerprint density at radius 3 is 2.57 bits per heavy atom. The van der Waals surface area contributed by atoms with Crippen LogP contribution in [0.4, 0.5) is 5.69 Å². The standard InChI is InChI=1S/C16H23N3O2/c1-11-13(9-12-7-5-6-8-14(12)17-11)16(21)19(4)10-15(20)18(2)3/h5-8,11,13,17H,9-10H2,1-4H3. The first-order valence-electron chi connectivity index (χ1n) is 7.19. The average molecular weight is 289 g/mol. The smallest absolute Gasteiger partial charge is 0.241 e. The molecule has 2 amide bonds. The van der Waals surface area contributed by atoms with Gasteiger partial charge >= 0.3 is 0 Å². The van der Waals surface area contributed by atoms with Crippen molar-refractivity contribution in [2.24, 2.45) is 5.92 Å². The molecular weight excluding hydrogens is 266 g/mol. The fourth-order valence-corrected chi connectivity index (χ4v) is 2.61. The summed E-state index contributed by atoms with van der Waals surface area (Å²) in [4.78, 5) is 27.4. The van der Waals surface area contributed by atoms with Crippen LogP contribution in [0, 0.1) is 5.92 Å². The molecule has 2 rings (SSSR count). The van der Waals surface area contributed by atoms with E-state index in [1.807, 2.05) is 31.2 Å². The predicted octanol–water partition coefficient (Wildman–Crippen LogP) is 1.21. The lowest BCUT2D eigenvalue weighted by molar-refractivity contribution is -0.140. The first-order chi connectivity index (χ1) is 9.90.